The first kappa shape index (κ1) is 13.5. The molecule has 0 saturated heterocycles. The van der Waals surface area contributed by atoms with Crippen LogP contribution in [0, 0.1) is 5.82 Å². The van der Waals surface area contributed by atoms with Crippen molar-refractivity contribution in [1.29, 1.82) is 0 Å². The summed E-state index contributed by atoms with van der Waals surface area (Å²) in [6, 6.07) is 6.24. The second kappa shape index (κ2) is 5.84. The lowest BCUT2D eigenvalue weighted by Gasteiger charge is -2.08. The van der Waals surface area contributed by atoms with Crippen LogP contribution in [0.5, 0.6) is 0 Å². The summed E-state index contributed by atoms with van der Waals surface area (Å²) in [7, 11) is 0. The zero-order chi connectivity index (χ0) is 13.8. The highest BCUT2D eigenvalue weighted by atomic mass is 35.5. The van der Waals surface area contributed by atoms with E-state index >= 15 is 0 Å². The van der Waals surface area contributed by atoms with Crippen molar-refractivity contribution in [2.45, 2.75) is 19.9 Å². The van der Waals surface area contributed by atoms with Gasteiger partial charge in [0.2, 0.25) is 0 Å². The van der Waals surface area contributed by atoms with Gasteiger partial charge in [-0.15, -0.1) is 0 Å². The number of benzene rings is 1. The van der Waals surface area contributed by atoms with Gasteiger partial charge >= 0.3 is 0 Å². The number of nitrogen functional groups attached to an aromatic ring is 1. The first-order valence-corrected chi connectivity index (χ1v) is 6.27. The molecule has 100 valence electrons. The second-order valence-corrected chi connectivity index (χ2v) is 4.46. The highest BCUT2D eigenvalue weighted by molar-refractivity contribution is 6.30. The van der Waals surface area contributed by atoms with E-state index in [0.29, 0.717) is 30.4 Å². The van der Waals surface area contributed by atoms with Crippen molar-refractivity contribution < 1.29 is 4.39 Å². The number of nitrogens with two attached hydrogens (primary N) is 1. The Morgan fingerprint density at radius 1 is 1.32 bits per heavy atom. The van der Waals surface area contributed by atoms with Crippen LogP contribution in [0.2, 0.25) is 5.02 Å². The smallest absolute Gasteiger partial charge is 0.141 e. The van der Waals surface area contributed by atoms with E-state index in [1.807, 2.05) is 6.92 Å². The lowest BCUT2D eigenvalue weighted by Crippen LogP contribution is -2.06. The average molecular weight is 281 g/mol. The Bertz CT molecular complexity index is 589. The fourth-order valence-electron chi connectivity index (χ4n) is 1.61. The Morgan fingerprint density at radius 2 is 2.11 bits per heavy atom. The minimum atomic E-state index is -0.426. The summed E-state index contributed by atoms with van der Waals surface area (Å²) in [5.74, 6) is 1.32. The van der Waals surface area contributed by atoms with Gasteiger partial charge < -0.3 is 11.1 Å². The number of anilines is 2. The number of aromatic nitrogens is 2. The van der Waals surface area contributed by atoms with Crippen molar-refractivity contribution in [1.82, 2.24) is 9.97 Å². The molecule has 0 aliphatic heterocycles. The molecule has 2 rings (SSSR count). The van der Waals surface area contributed by atoms with Crippen LogP contribution >= 0.6 is 11.6 Å². The maximum Gasteiger partial charge on any atom is 0.141 e. The summed E-state index contributed by atoms with van der Waals surface area (Å²) in [6.07, 6.45) is 0.710. The standard InChI is InChI=1S/C13H14ClFN4/c1-2-12-18-11(16)6-13(19-12)17-7-8-3-4-10(15)9(14)5-8/h3-6H,2,7H2,1H3,(H3,16,17,18,19). The first-order valence-electron chi connectivity index (χ1n) is 5.89. The van der Waals surface area contributed by atoms with Crippen molar-refractivity contribution in [2.75, 3.05) is 11.1 Å². The first-order chi connectivity index (χ1) is 9.08. The summed E-state index contributed by atoms with van der Waals surface area (Å²) in [4.78, 5) is 8.39. The van der Waals surface area contributed by atoms with Crippen LogP contribution in [0.25, 0.3) is 0 Å². The normalized spacial score (nSPS) is 10.5. The second-order valence-electron chi connectivity index (χ2n) is 4.05. The van der Waals surface area contributed by atoms with Gasteiger partial charge in [-0.3, -0.25) is 0 Å². The minimum Gasteiger partial charge on any atom is -0.384 e. The number of halogens is 2. The van der Waals surface area contributed by atoms with Gasteiger partial charge in [-0.2, -0.15) is 0 Å². The Balaban J connectivity index is 2.09. The third kappa shape index (κ3) is 3.54. The zero-order valence-electron chi connectivity index (χ0n) is 10.5. The molecule has 1 aromatic heterocycles. The molecular weight excluding hydrogens is 267 g/mol. The topological polar surface area (TPSA) is 63.8 Å². The Labute approximate surface area is 115 Å². The van der Waals surface area contributed by atoms with Crippen molar-refractivity contribution >= 4 is 23.2 Å². The largest absolute Gasteiger partial charge is 0.384 e. The van der Waals surface area contributed by atoms with E-state index < -0.39 is 5.82 Å². The third-order valence-corrected chi connectivity index (χ3v) is 2.86. The monoisotopic (exact) mass is 280 g/mol. The molecule has 0 fully saturated rings. The van der Waals surface area contributed by atoms with Gasteiger partial charge in [0.25, 0.3) is 0 Å². The number of aryl methyl sites for hydroxylation is 1. The van der Waals surface area contributed by atoms with Gasteiger partial charge in [-0.1, -0.05) is 24.6 Å². The van der Waals surface area contributed by atoms with Crippen LogP contribution in [-0.4, -0.2) is 9.97 Å². The average Bonchev–Trinajstić information content (AvgIpc) is 2.39. The van der Waals surface area contributed by atoms with Crippen LogP contribution in [0.4, 0.5) is 16.0 Å². The molecule has 0 amide bonds. The van der Waals surface area contributed by atoms with Gasteiger partial charge in [0.05, 0.1) is 5.02 Å². The Kier molecular flexibility index (Phi) is 4.16. The van der Waals surface area contributed by atoms with E-state index in [1.54, 1.807) is 18.2 Å². The molecule has 4 nitrogen and oxygen atoms in total. The predicted octanol–water partition coefficient (Wildman–Crippen LogP) is 3.03. The highest BCUT2D eigenvalue weighted by Crippen LogP contribution is 2.17. The van der Waals surface area contributed by atoms with Crippen molar-refractivity contribution in [3.8, 4) is 0 Å². The molecule has 0 unspecified atom stereocenters. The molecule has 0 aliphatic carbocycles. The summed E-state index contributed by atoms with van der Waals surface area (Å²) in [5, 5.41) is 3.22. The maximum atomic E-state index is 13.0. The van der Waals surface area contributed by atoms with E-state index in [9.17, 15) is 4.39 Å². The van der Waals surface area contributed by atoms with Crippen LogP contribution in [0.15, 0.2) is 24.3 Å². The van der Waals surface area contributed by atoms with Crippen molar-refractivity contribution in [3.63, 3.8) is 0 Å². The quantitative estimate of drug-likeness (QED) is 0.903. The summed E-state index contributed by atoms with van der Waals surface area (Å²) in [5.41, 5.74) is 6.55. The number of nitrogens with one attached hydrogen (secondary N) is 1. The van der Waals surface area contributed by atoms with E-state index in [0.717, 1.165) is 5.56 Å². The molecule has 3 N–H and O–H groups in total. The molecule has 0 aliphatic rings. The molecule has 0 atom stereocenters. The maximum absolute atomic E-state index is 13.0. The number of rotatable bonds is 4. The molecule has 6 heteroatoms. The molecule has 0 radical (unpaired) electrons. The Morgan fingerprint density at radius 3 is 2.79 bits per heavy atom. The van der Waals surface area contributed by atoms with Gasteiger partial charge in [0, 0.05) is 19.0 Å². The lowest BCUT2D eigenvalue weighted by atomic mass is 10.2. The number of hydrogen-bond acceptors (Lipinski definition) is 4. The van der Waals surface area contributed by atoms with E-state index in [-0.39, 0.29) is 5.02 Å². The van der Waals surface area contributed by atoms with E-state index in [1.165, 1.54) is 6.07 Å². The highest BCUT2D eigenvalue weighted by Gasteiger charge is 2.03. The predicted molar refractivity (Wildman–Crippen MR) is 74.6 cm³/mol. The number of nitrogens with zero attached hydrogens (tertiary/aromatic N) is 2. The number of hydrogen-bond donors (Lipinski definition) is 2. The van der Waals surface area contributed by atoms with E-state index in [4.69, 9.17) is 17.3 Å². The van der Waals surface area contributed by atoms with Gasteiger partial charge in [0.1, 0.15) is 23.3 Å². The molecule has 2 aromatic rings. The summed E-state index contributed by atoms with van der Waals surface area (Å²) >= 11 is 5.72. The van der Waals surface area contributed by atoms with Crippen molar-refractivity contribution in [3.05, 3.63) is 46.5 Å². The van der Waals surface area contributed by atoms with E-state index in [2.05, 4.69) is 15.3 Å². The SMILES string of the molecule is CCc1nc(N)cc(NCc2ccc(F)c(Cl)c2)n1. The van der Waals surface area contributed by atoms with Crippen LogP contribution in [0.1, 0.15) is 18.3 Å². The fraction of sp³-hybridized carbons (Fsp3) is 0.231. The molecule has 1 aromatic carbocycles. The molecule has 1 heterocycles. The van der Waals surface area contributed by atoms with Crippen LogP contribution in [0.3, 0.4) is 0 Å². The molecule has 19 heavy (non-hydrogen) atoms. The van der Waals surface area contributed by atoms with Gasteiger partial charge in [-0.05, 0) is 17.7 Å². The third-order valence-electron chi connectivity index (χ3n) is 2.57. The van der Waals surface area contributed by atoms with Gasteiger partial charge in [0.15, 0.2) is 0 Å². The molecule has 0 saturated carbocycles. The zero-order valence-corrected chi connectivity index (χ0v) is 11.2. The molecule has 0 spiro atoms. The van der Waals surface area contributed by atoms with Gasteiger partial charge in [-0.25, -0.2) is 14.4 Å². The minimum absolute atomic E-state index is 0.107. The summed E-state index contributed by atoms with van der Waals surface area (Å²) < 4.78 is 13.0. The summed E-state index contributed by atoms with van der Waals surface area (Å²) in [6.45, 7) is 2.44. The Hall–Kier alpha value is -1.88. The fourth-order valence-corrected chi connectivity index (χ4v) is 1.81. The molecule has 0 bridgehead atoms. The molecular formula is C13H14ClFN4. The van der Waals surface area contributed by atoms with Crippen LogP contribution in [-0.2, 0) is 13.0 Å². The van der Waals surface area contributed by atoms with Crippen molar-refractivity contribution in [2.24, 2.45) is 0 Å². The lowest BCUT2D eigenvalue weighted by molar-refractivity contribution is 0.627. The van der Waals surface area contributed by atoms with Crippen LogP contribution < -0.4 is 11.1 Å².